The van der Waals surface area contributed by atoms with Crippen molar-refractivity contribution in [1.82, 2.24) is 19.5 Å². The molecule has 7 heteroatoms. The fourth-order valence-corrected chi connectivity index (χ4v) is 3.98. The van der Waals surface area contributed by atoms with Crippen molar-refractivity contribution < 1.29 is 8.42 Å². The van der Waals surface area contributed by atoms with Gasteiger partial charge in [-0.1, -0.05) is 6.92 Å². The Hall–Kier alpha value is -0.890. The third kappa shape index (κ3) is 4.05. The molecule has 0 radical (unpaired) electrons. The maximum Gasteiger partial charge on any atom is 0.244 e. The van der Waals surface area contributed by atoms with Crippen LogP contribution in [-0.2, 0) is 16.6 Å². The molecule has 0 saturated heterocycles. The molecule has 1 rings (SSSR count). The lowest BCUT2D eigenvalue weighted by Crippen LogP contribution is -2.43. The van der Waals surface area contributed by atoms with Crippen molar-refractivity contribution in [3.05, 3.63) is 18.0 Å². The van der Waals surface area contributed by atoms with Gasteiger partial charge in [-0.15, -0.1) is 0 Å². The SMILES string of the molecule is CCN(C(C)CN(C)C)S(=O)(=O)c1c[nH]c(CNC)c1. The number of sulfonamides is 1. The minimum absolute atomic E-state index is 0.0670. The van der Waals surface area contributed by atoms with E-state index in [-0.39, 0.29) is 6.04 Å². The van der Waals surface area contributed by atoms with E-state index in [1.807, 2.05) is 39.9 Å². The van der Waals surface area contributed by atoms with E-state index in [9.17, 15) is 8.42 Å². The van der Waals surface area contributed by atoms with E-state index in [2.05, 4.69) is 10.3 Å². The zero-order chi connectivity index (χ0) is 15.3. The van der Waals surface area contributed by atoms with Crippen molar-refractivity contribution in [3.63, 3.8) is 0 Å². The average Bonchev–Trinajstić information content (AvgIpc) is 2.78. The Morgan fingerprint density at radius 1 is 1.40 bits per heavy atom. The van der Waals surface area contributed by atoms with E-state index in [0.29, 0.717) is 24.5 Å². The van der Waals surface area contributed by atoms with Crippen LogP contribution < -0.4 is 5.32 Å². The number of nitrogens with one attached hydrogen (secondary N) is 2. The summed E-state index contributed by atoms with van der Waals surface area (Å²) < 4.78 is 26.9. The highest BCUT2D eigenvalue weighted by molar-refractivity contribution is 7.89. The van der Waals surface area contributed by atoms with Gasteiger partial charge in [0.1, 0.15) is 0 Å². The zero-order valence-corrected chi connectivity index (χ0v) is 13.8. The maximum absolute atomic E-state index is 12.7. The molecule has 2 N–H and O–H groups in total. The van der Waals surface area contributed by atoms with Crippen molar-refractivity contribution >= 4 is 10.0 Å². The van der Waals surface area contributed by atoms with Gasteiger partial charge in [-0.25, -0.2) is 8.42 Å². The third-order valence-corrected chi connectivity index (χ3v) is 5.19. The molecule has 1 aromatic heterocycles. The molecule has 0 spiro atoms. The van der Waals surface area contributed by atoms with Gasteiger partial charge in [0, 0.05) is 37.6 Å². The molecule has 0 aliphatic carbocycles. The molecule has 0 aromatic carbocycles. The molecular formula is C13H26N4O2S. The molecule has 0 bridgehead atoms. The predicted octanol–water partition coefficient (Wildman–Crippen LogP) is 0.695. The van der Waals surface area contributed by atoms with Crippen LogP contribution in [-0.4, -0.2) is 62.9 Å². The first-order chi connectivity index (χ1) is 9.32. The fourth-order valence-electron chi connectivity index (χ4n) is 2.33. The number of H-pyrrole nitrogens is 1. The van der Waals surface area contributed by atoms with Gasteiger partial charge >= 0.3 is 0 Å². The lowest BCUT2D eigenvalue weighted by molar-refractivity contribution is 0.271. The highest BCUT2D eigenvalue weighted by Crippen LogP contribution is 2.19. The fraction of sp³-hybridized carbons (Fsp3) is 0.692. The molecule has 0 amide bonds. The lowest BCUT2D eigenvalue weighted by Gasteiger charge is -2.28. The minimum atomic E-state index is -3.45. The number of aromatic nitrogens is 1. The Kier molecular flexibility index (Phi) is 6.19. The molecule has 1 atom stereocenters. The van der Waals surface area contributed by atoms with E-state index in [4.69, 9.17) is 0 Å². The van der Waals surface area contributed by atoms with Crippen molar-refractivity contribution in [2.45, 2.75) is 31.3 Å². The van der Waals surface area contributed by atoms with Crippen LogP contribution in [0.5, 0.6) is 0 Å². The summed E-state index contributed by atoms with van der Waals surface area (Å²) in [5.74, 6) is 0. The van der Waals surface area contributed by atoms with Crippen molar-refractivity contribution in [2.24, 2.45) is 0 Å². The number of hydrogen-bond donors (Lipinski definition) is 2. The highest BCUT2D eigenvalue weighted by Gasteiger charge is 2.28. The van der Waals surface area contributed by atoms with Crippen LogP contribution in [0.4, 0.5) is 0 Å². The first-order valence-corrected chi connectivity index (χ1v) is 8.25. The van der Waals surface area contributed by atoms with Crippen LogP contribution >= 0.6 is 0 Å². The van der Waals surface area contributed by atoms with Gasteiger partial charge in [-0.3, -0.25) is 0 Å². The molecule has 1 unspecified atom stereocenters. The highest BCUT2D eigenvalue weighted by atomic mass is 32.2. The molecule has 1 aromatic rings. The van der Waals surface area contributed by atoms with Crippen LogP contribution in [0.1, 0.15) is 19.5 Å². The van der Waals surface area contributed by atoms with Crippen LogP contribution in [0.2, 0.25) is 0 Å². The van der Waals surface area contributed by atoms with Gasteiger partial charge in [0.25, 0.3) is 0 Å². The van der Waals surface area contributed by atoms with Crippen LogP contribution in [0.25, 0.3) is 0 Å². The Morgan fingerprint density at radius 2 is 2.05 bits per heavy atom. The number of rotatable bonds is 8. The van der Waals surface area contributed by atoms with Crippen LogP contribution in [0, 0.1) is 0 Å². The average molecular weight is 302 g/mol. The summed E-state index contributed by atoms with van der Waals surface area (Å²) in [4.78, 5) is 5.31. The van der Waals surface area contributed by atoms with E-state index in [0.717, 1.165) is 5.69 Å². The topological polar surface area (TPSA) is 68.4 Å². The first kappa shape index (κ1) is 17.2. The monoisotopic (exact) mass is 302 g/mol. The number of likely N-dealkylation sites (N-methyl/N-ethyl adjacent to an activating group) is 2. The molecule has 0 aliphatic heterocycles. The van der Waals surface area contributed by atoms with Gasteiger partial charge < -0.3 is 15.2 Å². The molecule has 1 heterocycles. The molecule has 116 valence electrons. The Balaban J connectivity index is 2.98. The molecular weight excluding hydrogens is 276 g/mol. The number of hydrogen-bond acceptors (Lipinski definition) is 4. The summed E-state index contributed by atoms with van der Waals surface area (Å²) in [5, 5.41) is 2.99. The summed E-state index contributed by atoms with van der Waals surface area (Å²) in [7, 11) is 2.27. The smallest absolute Gasteiger partial charge is 0.244 e. The second kappa shape index (κ2) is 7.21. The number of aromatic amines is 1. The summed E-state index contributed by atoms with van der Waals surface area (Å²) in [5.41, 5.74) is 0.863. The van der Waals surface area contributed by atoms with Crippen molar-refractivity contribution in [2.75, 3.05) is 34.2 Å². The maximum atomic E-state index is 12.7. The van der Waals surface area contributed by atoms with E-state index in [1.54, 1.807) is 16.6 Å². The summed E-state index contributed by atoms with van der Waals surface area (Å²) in [6, 6.07) is 1.62. The molecule has 0 saturated carbocycles. The first-order valence-electron chi connectivity index (χ1n) is 6.81. The standard InChI is InChI=1S/C13H26N4O2S/c1-6-17(11(2)10-16(4)5)20(18,19)13-7-12(8-14-3)15-9-13/h7,9,11,14-15H,6,8,10H2,1-5H3. The number of nitrogens with zero attached hydrogens (tertiary/aromatic N) is 2. The summed E-state index contributed by atoms with van der Waals surface area (Å²) >= 11 is 0. The van der Waals surface area contributed by atoms with Gasteiger partial charge in [0.05, 0.1) is 4.90 Å². The normalized spacial score (nSPS) is 14.2. The van der Waals surface area contributed by atoms with Gasteiger partial charge in [0.2, 0.25) is 10.0 Å². The molecule has 0 aliphatic rings. The summed E-state index contributed by atoms with van der Waals surface area (Å²) in [6.45, 7) is 5.58. The predicted molar refractivity (Wildman–Crippen MR) is 81.1 cm³/mol. The molecule has 20 heavy (non-hydrogen) atoms. The van der Waals surface area contributed by atoms with Gasteiger partial charge in [0.15, 0.2) is 0 Å². The van der Waals surface area contributed by atoms with Crippen molar-refractivity contribution in [1.29, 1.82) is 0 Å². The summed E-state index contributed by atoms with van der Waals surface area (Å²) in [6.07, 6.45) is 1.56. The second-order valence-corrected chi connectivity index (χ2v) is 7.10. The van der Waals surface area contributed by atoms with Crippen molar-refractivity contribution in [3.8, 4) is 0 Å². The zero-order valence-electron chi connectivity index (χ0n) is 13.0. The second-order valence-electron chi connectivity index (χ2n) is 5.21. The molecule has 0 fully saturated rings. The van der Waals surface area contributed by atoms with E-state index in [1.165, 1.54) is 0 Å². The molecule has 6 nitrogen and oxygen atoms in total. The Bertz CT molecular complexity index is 510. The van der Waals surface area contributed by atoms with Gasteiger partial charge in [-0.2, -0.15) is 4.31 Å². The van der Waals surface area contributed by atoms with Crippen LogP contribution in [0.15, 0.2) is 17.2 Å². The quantitative estimate of drug-likeness (QED) is 0.741. The van der Waals surface area contributed by atoms with E-state index >= 15 is 0 Å². The van der Waals surface area contributed by atoms with Gasteiger partial charge in [-0.05, 0) is 34.1 Å². The van der Waals surface area contributed by atoms with Crippen LogP contribution in [0.3, 0.4) is 0 Å². The van der Waals surface area contributed by atoms with E-state index < -0.39 is 10.0 Å². The Morgan fingerprint density at radius 3 is 2.55 bits per heavy atom. The largest absolute Gasteiger partial charge is 0.363 e. The Labute approximate surface area is 122 Å². The lowest BCUT2D eigenvalue weighted by atomic mass is 10.3. The minimum Gasteiger partial charge on any atom is -0.363 e. The third-order valence-electron chi connectivity index (χ3n) is 3.12.